The number of hydrogen-bond acceptors (Lipinski definition) is 6. The quantitative estimate of drug-likeness (QED) is 0.570. The lowest BCUT2D eigenvalue weighted by Crippen LogP contribution is -2.42. The summed E-state index contributed by atoms with van der Waals surface area (Å²) in [5.74, 6) is 0.302. The summed E-state index contributed by atoms with van der Waals surface area (Å²) >= 11 is 0. The lowest BCUT2D eigenvalue weighted by atomic mass is 9.93. The molecule has 3 rings (SSSR count). The van der Waals surface area contributed by atoms with Crippen LogP contribution in [0.1, 0.15) is 26.3 Å². The molecule has 0 saturated carbocycles. The molecule has 0 saturated heterocycles. The van der Waals surface area contributed by atoms with Crippen molar-refractivity contribution in [3.8, 4) is 5.75 Å². The SMILES string of the molecule is CCN1C(=O)C(C)(C)COc2cc(NS(=O)(=O)c3cc([N+](=O)[O-])ccc3C)ccc21. The van der Waals surface area contributed by atoms with Gasteiger partial charge in [-0.3, -0.25) is 19.6 Å². The first kappa shape index (κ1) is 21.6. The van der Waals surface area contributed by atoms with Crippen molar-refractivity contribution in [2.75, 3.05) is 22.8 Å². The molecule has 0 bridgehead atoms. The van der Waals surface area contributed by atoms with Crippen molar-refractivity contribution in [2.45, 2.75) is 32.6 Å². The largest absolute Gasteiger partial charge is 0.490 e. The van der Waals surface area contributed by atoms with Gasteiger partial charge in [-0.1, -0.05) is 6.07 Å². The summed E-state index contributed by atoms with van der Waals surface area (Å²) in [5, 5.41) is 11.0. The highest BCUT2D eigenvalue weighted by Crippen LogP contribution is 2.38. The minimum absolute atomic E-state index is 0.0794. The number of benzene rings is 2. The van der Waals surface area contributed by atoms with Gasteiger partial charge in [0.05, 0.1) is 26.6 Å². The molecule has 0 spiro atoms. The number of carbonyl (C=O) groups excluding carboxylic acids is 1. The van der Waals surface area contributed by atoms with Crippen molar-refractivity contribution in [1.82, 2.24) is 0 Å². The Kier molecular flexibility index (Phi) is 5.46. The Morgan fingerprint density at radius 2 is 1.93 bits per heavy atom. The van der Waals surface area contributed by atoms with Crippen molar-refractivity contribution < 1.29 is 22.9 Å². The molecule has 0 unspecified atom stereocenters. The number of ether oxygens (including phenoxy) is 1. The summed E-state index contributed by atoms with van der Waals surface area (Å²) < 4.78 is 34.0. The van der Waals surface area contributed by atoms with Crippen LogP contribution in [0, 0.1) is 22.5 Å². The first-order chi connectivity index (χ1) is 14.0. The highest BCUT2D eigenvalue weighted by molar-refractivity contribution is 7.92. The normalized spacial score (nSPS) is 15.7. The fourth-order valence-electron chi connectivity index (χ4n) is 3.23. The van der Waals surface area contributed by atoms with E-state index in [1.165, 1.54) is 24.3 Å². The lowest BCUT2D eigenvalue weighted by Gasteiger charge is -2.26. The Morgan fingerprint density at radius 1 is 1.23 bits per heavy atom. The maximum Gasteiger partial charge on any atom is 0.270 e. The van der Waals surface area contributed by atoms with Crippen LogP contribution in [0.3, 0.4) is 0 Å². The minimum Gasteiger partial charge on any atom is -0.490 e. The van der Waals surface area contributed by atoms with Crippen LogP contribution in [0.25, 0.3) is 0 Å². The lowest BCUT2D eigenvalue weighted by molar-refractivity contribution is -0.385. The van der Waals surface area contributed by atoms with Gasteiger partial charge in [0.1, 0.15) is 12.4 Å². The van der Waals surface area contributed by atoms with Gasteiger partial charge in [0.2, 0.25) is 5.91 Å². The summed E-state index contributed by atoms with van der Waals surface area (Å²) in [6, 6.07) is 8.33. The average Bonchev–Trinajstić information content (AvgIpc) is 2.76. The van der Waals surface area contributed by atoms with Crippen LogP contribution < -0.4 is 14.4 Å². The fraction of sp³-hybridized carbons (Fsp3) is 0.350. The third-order valence-corrected chi connectivity index (χ3v) is 6.43. The molecule has 2 aromatic rings. The van der Waals surface area contributed by atoms with Gasteiger partial charge in [-0.15, -0.1) is 0 Å². The molecule has 0 aromatic heterocycles. The number of amides is 1. The number of fused-ring (bicyclic) bond motifs is 1. The highest BCUT2D eigenvalue weighted by Gasteiger charge is 2.37. The molecule has 0 atom stereocenters. The van der Waals surface area contributed by atoms with E-state index in [0.717, 1.165) is 6.07 Å². The van der Waals surface area contributed by atoms with Crippen molar-refractivity contribution in [2.24, 2.45) is 5.41 Å². The molecule has 9 nitrogen and oxygen atoms in total. The van der Waals surface area contributed by atoms with Gasteiger partial charge in [-0.2, -0.15) is 0 Å². The molecule has 160 valence electrons. The number of carbonyl (C=O) groups is 1. The maximum atomic E-state index is 12.9. The summed E-state index contributed by atoms with van der Waals surface area (Å²) in [4.78, 5) is 24.6. The molecule has 1 amide bonds. The van der Waals surface area contributed by atoms with E-state index in [-0.39, 0.29) is 28.8 Å². The highest BCUT2D eigenvalue weighted by atomic mass is 32.2. The number of nitro groups is 1. The van der Waals surface area contributed by atoms with Gasteiger partial charge in [0, 0.05) is 24.7 Å². The van der Waals surface area contributed by atoms with E-state index in [4.69, 9.17) is 4.74 Å². The number of nitrogens with one attached hydrogen (secondary N) is 1. The van der Waals surface area contributed by atoms with E-state index in [9.17, 15) is 23.3 Å². The topological polar surface area (TPSA) is 119 Å². The number of sulfonamides is 1. The molecule has 2 aromatic carbocycles. The van der Waals surface area contributed by atoms with Gasteiger partial charge >= 0.3 is 0 Å². The van der Waals surface area contributed by atoms with Crippen LogP contribution in [-0.2, 0) is 14.8 Å². The summed E-state index contributed by atoms with van der Waals surface area (Å²) in [5.41, 5.74) is 0.119. The van der Waals surface area contributed by atoms with Gasteiger partial charge in [0.25, 0.3) is 15.7 Å². The second-order valence-electron chi connectivity index (χ2n) is 7.72. The first-order valence-electron chi connectivity index (χ1n) is 9.33. The first-order valence-corrected chi connectivity index (χ1v) is 10.8. The Labute approximate surface area is 174 Å². The van der Waals surface area contributed by atoms with Crippen molar-refractivity contribution in [3.63, 3.8) is 0 Å². The summed E-state index contributed by atoms with van der Waals surface area (Å²) in [6.07, 6.45) is 0. The summed E-state index contributed by atoms with van der Waals surface area (Å²) in [6.45, 7) is 7.58. The molecule has 10 heteroatoms. The molecule has 1 N–H and O–H groups in total. The number of nitrogens with zero attached hydrogens (tertiary/aromatic N) is 2. The van der Waals surface area contributed by atoms with Gasteiger partial charge in [-0.25, -0.2) is 8.42 Å². The smallest absolute Gasteiger partial charge is 0.270 e. The van der Waals surface area contributed by atoms with Crippen LogP contribution in [0.5, 0.6) is 5.75 Å². The van der Waals surface area contributed by atoms with Gasteiger partial charge in [-0.05, 0) is 45.4 Å². The average molecular weight is 433 g/mol. The van der Waals surface area contributed by atoms with Crippen molar-refractivity contribution in [3.05, 3.63) is 52.1 Å². The predicted molar refractivity (Wildman–Crippen MR) is 112 cm³/mol. The van der Waals surface area contributed by atoms with Crippen molar-refractivity contribution >= 4 is 33.0 Å². The van der Waals surface area contributed by atoms with E-state index < -0.39 is 20.4 Å². The summed E-state index contributed by atoms with van der Waals surface area (Å²) in [7, 11) is -4.08. The standard InChI is InChI=1S/C20H23N3O6S/c1-5-22-16-9-7-14(10-17(16)29-12-20(3,4)19(22)24)21-30(27,28)18-11-15(23(25)26)8-6-13(18)2/h6-11,21H,5,12H2,1-4H3. The van der Waals surface area contributed by atoms with Gasteiger partial charge < -0.3 is 9.64 Å². The van der Waals surface area contributed by atoms with E-state index in [1.807, 2.05) is 6.92 Å². The zero-order chi connectivity index (χ0) is 22.3. The van der Waals surface area contributed by atoms with Crippen LogP contribution >= 0.6 is 0 Å². The van der Waals surface area contributed by atoms with Crippen LogP contribution in [0.2, 0.25) is 0 Å². The fourth-order valence-corrected chi connectivity index (χ4v) is 4.54. The number of aryl methyl sites for hydroxylation is 1. The van der Waals surface area contributed by atoms with Crippen LogP contribution in [-0.4, -0.2) is 32.4 Å². The van der Waals surface area contributed by atoms with E-state index in [2.05, 4.69) is 4.72 Å². The van der Waals surface area contributed by atoms with E-state index in [1.54, 1.807) is 31.7 Å². The number of rotatable bonds is 5. The number of nitro benzene ring substituents is 1. The third-order valence-electron chi connectivity index (χ3n) is 4.90. The van der Waals surface area contributed by atoms with E-state index in [0.29, 0.717) is 23.5 Å². The second kappa shape index (κ2) is 7.60. The Hall–Kier alpha value is -3.14. The molecule has 1 aliphatic rings. The predicted octanol–water partition coefficient (Wildman–Crippen LogP) is 3.48. The zero-order valence-electron chi connectivity index (χ0n) is 17.1. The molecule has 30 heavy (non-hydrogen) atoms. The zero-order valence-corrected chi connectivity index (χ0v) is 17.9. The molecular formula is C20H23N3O6S. The molecule has 1 aliphatic heterocycles. The number of anilines is 2. The molecule has 0 aliphatic carbocycles. The monoisotopic (exact) mass is 433 g/mol. The van der Waals surface area contributed by atoms with E-state index >= 15 is 0 Å². The molecular weight excluding hydrogens is 410 g/mol. The molecule has 0 fully saturated rings. The number of hydrogen-bond donors (Lipinski definition) is 1. The third kappa shape index (κ3) is 3.95. The van der Waals surface area contributed by atoms with Crippen LogP contribution in [0.4, 0.5) is 17.1 Å². The molecule has 1 heterocycles. The van der Waals surface area contributed by atoms with Gasteiger partial charge in [0.15, 0.2) is 0 Å². The molecule has 0 radical (unpaired) electrons. The Balaban J connectivity index is 1.98. The Morgan fingerprint density at radius 3 is 2.57 bits per heavy atom. The number of non-ortho nitro benzene ring substituents is 1. The Bertz CT molecular complexity index is 1130. The van der Waals surface area contributed by atoms with Crippen LogP contribution in [0.15, 0.2) is 41.3 Å². The minimum atomic E-state index is -4.08. The second-order valence-corrected chi connectivity index (χ2v) is 9.37. The maximum absolute atomic E-state index is 12.9. The van der Waals surface area contributed by atoms with Crippen molar-refractivity contribution in [1.29, 1.82) is 0 Å².